The van der Waals surface area contributed by atoms with E-state index in [0.717, 1.165) is 10.5 Å². The van der Waals surface area contributed by atoms with E-state index in [1.54, 1.807) is 30.0 Å². The quantitative estimate of drug-likeness (QED) is 0.581. The summed E-state index contributed by atoms with van der Waals surface area (Å²) in [5, 5.41) is 0. The summed E-state index contributed by atoms with van der Waals surface area (Å²) in [7, 11) is 0. The van der Waals surface area contributed by atoms with Gasteiger partial charge in [0.1, 0.15) is 0 Å². The molecule has 0 atom stereocenters. The van der Waals surface area contributed by atoms with Crippen molar-refractivity contribution >= 4 is 23.7 Å². The van der Waals surface area contributed by atoms with Crippen LogP contribution in [0.5, 0.6) is 0 Å². The molecule has 1 aromatic carbocycles. The van der Waals surface area contributed by atoms with Gasteiger partial charge in [0.25, 0.3) is 11.8 Å². The molecule has 0 unspecified atom stereocenters. The molecule has 3 rings (SSSR count). The fourth-order valence-electron chi connectivity index (χ4n) is 3.60. The van der Waals surface area contributed by atoms with E-state index in [1.807, 2.05) is 6.92 Å². The molecule has 144 valence electrons. The van der Waals surface area contributed by atoms with Crippen LogP contribution in [0.15, 0.2) is 18.2 Å². The molecule has 2 aliphatic rings. The van der Waals surface area contributed by atoms with Gasteiger partial charge in [-0.2, -0.15) is 0 Å². The Kier molecular flexibility index (Phi) is 5.58. The Morgan fingerprint density at radius 3 is 2.44 bits per heavy atom. The number of amides is 3. The summed E-state index contributed by atoms with van der Waals surface area (Å²) >= 11 is 0. The molecule has 7 heteroatoms. The van der Waals surface area contributed by atoms with Gasteiger partial charge in [0.05, 0.1) is 23.7 Å². The van der Waals surface area contributed by atoms with Crippen molar-refractivity contribution in [3.05, 3.63) is 34.9 Å². The van der Waals surface area contributed by atoms with Gasteiger partial charge in [-0.1, -0.05) is 11.6 Å². The third kappa shape index (κ3) is 3.86. The number of piperidine rings is 1. The van der Waals surface area contributed by atoms with E-state index in [9.17, 15) is 19.2 Å². The first kappa shape index (κ1) is 19.1. The Morgan fingerprint density at radius 1 is 1.11 bits per heavy atom. The number of hydrogen-bond acceptors (Lipinski definition) is 5. The number of carbonyl (C=O) groups is 4. The zero-order valence-electron chi connectivity index (χ0n) is 15.7. The zero-order chi connectivity index (χ0) is 19.6. The molecule has 0 spiro atoms. The minimum atomic E-state index is -0.344. The number of aryl methyl sites for hydroxylation is 1. The highest BCUT2D eigenvalue weighted by molar-refractivity contribution is 6.21. The fraction of sp³-hybridized carbons (Fsp3) is 0.500. The van der Waals surface area contributed by atoms with Gasteiger partial charge in [0.15, 0.2) is 0 Å². The number of likely N-dealkylation sites (tertiary alicyclic amines) is 1. The lowest BCUT2D eigenvalue weighted by molar-refractivity contribution is -0.151. The maximum Gasteiger partial charge on any atom is 0.309 e. The maximum atomic E-state index is 12.5. The molecule has 0 N–H and O–H groups in total. The smallest absolute Gasteiger partial charge is 0.309 e. The second kappa shape index (κ2) is 7.90. The molecule has 1 aromatic rings. The molecule has 7 nitrogen and oxygen atoms in total. The van der Waals surface area contributed by atoms with Gasteiger partial charge < -0.3 is 9.64 Å². The van der Waals surface area contributed by atoms with E-state index in [2.05, 4.69) is 0 Å². The lowest BCUT2D eigenvalue weighted by Crippen LogP contribution is -2.42. The summed E-state index contributed by atoms with van der Waals surface area (Å²) in [6, 6.07) is 5.16. The average Bonchev–Trinajstić information content (AvgIpc) is 2.90. The van der Waals surface area contributed by atoms with Crippen molar-refractivity contribution in [3.8, 4) is 0 Å². The molecule has 0 radical (unpaired) electrons. The van der Waals surface area contributed by atoms with Crippen LogP contribution in [0, 0.1) is 12.8 Å². The van der Waals surface area contributed by atoms with Crippen molar-refractivity contribution in [2.24, 2.45) is 5.92 Å². The summed E-state index contributed by atoms with van der Waals surface area (Å²) in [5.74, 6) is -1.15. The molecule has 0 saturated carbocycles. The molecular weight excluding hydrogens is 348 g/mol. The first-order valence-electron chi connectivity index (χ1n) is 9.33. The van der Waals surface area contributed by atoms with Gasteiger partial charge in [-0.25, -0.2) is 0 Å². The number of nitrogens with zero attached hydrogens (tertiary/aromatic N) is 2. The summed E-state index contributed by atoms with van der Waals surface area (Å²) < 4.78 is 5.03. The number of ether oxygens (including phenoxy) is 1. The van der Waals surface area contributed by atoms with Crippen molar-refractivity contribution in [2.45, 2.75) is 33.1 Å². The normalized spacial score (nSPS) is 17.3. The number of imide groups is 1. The molecular formula is C20H24N2O5. The number of benzene rings is 1. The number of carbonyl (C=O) groups excluding carboxylic acids is 4. The summed E-state index contributed by atoms with van der Waals surface area (Å²) in [5.41, 5.74) is 1.72. The van der Waals surface area contributed by atoms with E-state index in [4.69, 9.17) is 4.74 Å². The summed E-state index contributed by atoms with van der Waals surface area (Å²) in [4.78, 5) is 51.9. The second-order valence-electron chi connectivity index (χ2n) is 6.97. The molecule has 0 bridgehead atoms. The van der Waals surface area contributed by atoms with Crippen LogP contribution < -0.4 is 0 Å². The third-order valence-electron chi connectivity index (χ3n) is 5.14. The van der Waals surface area contributed by atoms with Crippen LogP contribution in [0.1, 0.15) is 52.5 Å². The predicted octanol–water partition coefficient (Wildman–Crippen LogP) is 1.78. The zero-order valence-corrected chi connectivity index (χ0v) is 15.7. The van der Waals surface area contributed by atoms with Gasteiger partial charge in [-0.05, 0) is 38.8 Å². The van der Waals surface area contributed by atoms with Crippen LogP contribution in [-0.4, -0.2) is 59.7 Å². The van der Waals surface area contributed by atoms with Crippen LogP contribution in [-0.2, 0) is 14.3 Å². The predicted molar refractivity (Wildman–Crippen MR) is 97.1 cm³/mol. The van der Waals surface area contributed by atoms with Gasteiger partial charge in [-0.15, -0.1) is 0 Å². The molecule has 1 fully saturated rings. The Bertz CT molecular complexity index is 781. The standard InChI is InChI=1S/C20H24N2O5/c1-3-27-20(26)14-6-9-21(10-7-14)17(23)8-11-22-18(24)15-5-4-13(2)12-16(15)19(22)25/h4-5,12,14H,3,6-11H2,1-2H3. The van der Waals surface area contributed by atoms with E-state index >= 15 is 0 Å². The van der Waals surface area contributed by atoms with Gasteiger partial charge in [0, 0.05) is 26.1 Å². The van der Waals surface area contributed by atoms with Gasteiger partial charge >= 0.3 is 5.97 Å². The number of fused-ring (bicyclic) bond motifs is 1. The van der Waals surface area contributed by atoms with Crippen molar-refractivity contribution in [3.63, 3.8) is 0 Å². The molecule has 2 heterocycles. The van der Waals surface area contributed by atoms with E-state index < -0.39 is 0 Å². The SMILES string of the molecule is CCOC(=O)C1CCN(C(=O)CCN2C(=O)c3ccc(C)cc3C2=O)CC1. The van der Waals surface area contributed by atoms with Crippen LogP contribution in [0.4, 0.5) is 0 Å². The molecule has 1 saturated heterocycles. The highest BCUT2D eigenvalue weighted by atomic mass is 16.5. The minimum absolute atomic E-state index is 0.0715. The number of esters is 1. The van der Waals surface area contributed by atoms with E-state index in [0.29, 0.717) is 43.7 Å². The Labute approximate surface area is 158 Å². The lowest BCUT2D eigenvalue weighted by Gasteiger charge is -2.31. The summed E-state index contributed by atoms with van der Waals surface area (Å²) in [6.45, 7) is 5.05. The lowest BCUT2D eigenvalue weighted by atomic mass is 9.97. The monoisotopic (exact) mass is 372 g/mol. The van der Waals surface area contributed by atoms with Crippen LogP contribution in [0.25, 0.3) is 0 Å². The first-order chi connectivity index (χ1) is 12.9. The van der Waals surface area contributed by atoms with Gasteiger partial charge in [-0.3, -0.25) is 24.1 Å². The summed E-state index contributed by atoms with van der Waals surface area (Å²) in [6.07, 6.45) is 1.25. The highest BCUT2D eigenvalue weighted by Gasteiger charge is 2.36. The Balaban J connectivity index is 1.53. The molecule has 27 heavy (non-hydrogen) atoms. The van der Waals surface area contributed by atoms with Gasteiger partial charge in [0.2, 0.25) is 5.91 Å². The molecule has 0 aromatic heterocycles. The average molecular weight is 372 g/mol. The second-order valence-corrected chi connectivity index (χ2v) is 6.97. The van der Waals surface area contributed by atoms with Crippen molar-refractivity contribution in [1.82, 2.24) is 9.80 Å². The molecule has 2 aliphatic heterocycles. The highest BCUT2D eigenvalue weighted by Crippen LogP contribution is 2.24. The van der Waals surface area contributed by atoms with Crippen LogP contribution in [0.3, 0.4) is 0 Å². The fourth-order valence-corrected chi connectivity index (χ4v) is 3.60. The van der Waals surface area contributed by atoms with Crippen molar-refractivity contribution in [2.75, 3.05) is 26.2 Å². The number of hydrogen-bond donors (Lipinski definition) is 0. The van der Waals surface area contributed by atoms with Crippen molar-refractivity contribution in [1.29, 1.82) is 0 Å². The topological polar surface area (TPSA) is 84.0 Å². The largest absolute Gasteiger partial charge is 0.466 e. The molecule has 3 amide bonds. The molecule has 0 aliphatic carbocycles. The van der Waals surface area contributed by atoms with E-state index in [-0.39, 0.29) is 42.6 Å². The number of rotatable bonds is 5. The van der Waals surface area contributed by atoms with Crippen LogP contribution >= 0.6 is 0 Å². The van der Waals surface area contributed by atoms with E-state index in [1.165, 1.54) is 0 Å². The minimum Gasteiger partial charge on any atom is -0.466 e. The Hall–Kier alpha value is -2.70. The van der Waals surface area contributed by atoms with Crippen LogP contribution in [0.2, 0.25) is 0 Å². The first-order valence-corrected chi connectivity index (χ1v) is 9.33. The maximum absolute atomic E-state index is 12.5. The Morgan fingerprint density at radius 2 is 1.78 bits per heavy atom. The van der Waals surface area contributed by atoms with Crippen molar-refractivity contribution < 1.29 is 23.9 Å². The third-order valence-corrected chi connectivity index (χ3v) is 5.14.